The largest absolute Gasteiger partial charge is 0.452 e. The van der Waals surface area contributed by atoms with Crippen LogP contribution >= 0.6 is 0 Å². The number of pyridine rings is 2. The Bertz CT molecular complexity index is 1100. The van der Waals surface area contributed by atoms with Crippen LogP contribution in [0.2, 0.25) is 0 Å². The van der Waals surface area contributed by atoms with Gasteiger partial charge in [0.1, 0.15) is 0 Å². The van der Waals surface area contributed by atoms with Crippen molar-refractivity contribution in [1.82, 2.24) is 20.1 Å². The van der Waals surface area contributed by atoms with E-state index in [1.807, 2.05) is 36.4 Å². The topological polar surface area (TPSA) is 91.0 Å². The zero-order valence-corrected chi connectivity index (χ0v) is 15.1. The van der Waals surface area contributed by atoms with Gasteiger partial charge in [0, 0.05) is 23.5 Å². The summed E-state index contributed by atoms with van der Waals surface area (Å²) in [7, 11) is 0. The van der Waals surface area contributed by atoms with Crippen molar-refractivity contribution < 1.29 is 14.1 Å². The first-order valence-electron chi connectivity index (χ1n) is 8.64. The van der Waals surface area contributed by atoms with E-state index in [1.54, 1.807) is 37.5 Å². The molecule has 7 nitrogen and oxygen atoms in total. The first kappa shape index (κ1) is 17.5. The molecule has 0 unspecified atom stereocenters. The summed E-state index contributed by atoms with van der Waals surface area (Å²) >= 11 is 0. The van der Waals surface area contributed by atoms with Gasteiger partial charge in [-0.1, -0.05) is 35.5 Å². The van der Waals surface area contributed by atoms with Crippen LogP contribution in [0.1, 0.15) is 21.9 Å². The fourth-order valence-electron chi connectivity index (χ4n) is 2.68. The lowest BCUT2D eigenvalue weighted by Gasteiger charge is -2.07. The summed E-state index contributed by atoms with van der Waals surface area (Å²) in [6.07, 6.45) is 3.29. The number of nitrogens with zero attached hydrogens (tertiary/aromatic N) is 4. The SMILES string of the molecule is Cc1nc(-c2ccccc2)ccc1C(=O)OCc1nc(-c2cccnc2)no1. The molecule has 0 saturated heterocycles. The highest BCUT2D eigenvalue weighted by molar-refractivity contribution is 5.90. The number of aromatic nitrogens is 4. The number of carbonyl (C=O) groups excluding carboxylic acids is 1. The summed E-state index contributed by atoms with van der Waals surface area (Å²) in [6.45, 7) is 1.65. The van der Waals surface area contributed by atoms with E-state index in [1.165, 1.54) is 0 Å². The first-order valence-corrected chi connectivity index (χ1v) is 8.64. The molecule has 0 N–H and O–H groups in total. The lowest BCUT2D eigenvalue weighted by molar-refractivity contribution is 0.0428. The van der Waals surface area contributed by atoms with Gasteiger partial charge < -0.3 is 9.26 Å². The molecule has 0 fully saturated rings. The highest BCUT2D eigenvalue weighted by Gasteiger charge is 2.15. The predicted molar refractivity (Wildman–Crippen MR) is 101 cm³/mol. The Kier molecular flexibility index (Phi) is 4.88. The third-order valence-corrected chi connectivity index (χ3v) is 4.09. The summed E-state index contributed by atoms with van der Waals surface area (Å²) in [4.78, 5) is 25.1. The second kappa shape index (κ2) is 7.79. The average Bonchev–Trinajstić information content (AvgIpc) is 3.22. The number of benzene rings is 1. The van der Waals surface area contributed by atoms with Crippen molar-refractivity contribution in [2.45, 2.75) is 13.5 Å². The van der Waals surface area contributed by atoms with Crippen LogP contribution < -0.4 is 0 Å². The maximum Gasteiger partial charge on any atom is 0.340 e. The van der Waals surface area contributed by atoms with Crippen molar-refractivity contribution >= 4 is 5.97 Å². The number of hydrogen-bond donors (Lipinski definition) is 0. The van der Waals surface area contributed by atoms with E-state index in [0.717, 1.165) is 16.8 Å². The Balaban J connectivity index is 1.44. The smallest absolute Gasteiger partial charge is 0.340 e. The van der Waals surface area contributed by atoms with Crippen LogP contribution in [0.15, 0.2) is 71.5 Å². The van der Waals surface area contributed by atoms with Crippen molar-refractivity contribution in [3.63, 3.8) is 0 Å². The second-order valence-electron chi connectivity index (χ2n) is 6.03. The molecule has 0 aliphatic heterocycles. The fraction of sp³-hybridized carbons (Fsp3) is 0.0952. The maximum atomic E-state index is 12.4. The normalized spacial score (nSPS) is 10.6. The quantitative estimate of drug-likeness (QED) is 0.491. The molecule has 0 bridgehead atoms. The molecular weight excluding hydrogens is 356 g/mol. The Morgan fingerprint density at radius 2 is 1.82 bits per heavy atom. The Morgan fingerprint density at radius 1 is 1.00 bits per heavy atom. The molecule has 28 heavy (non-hydrogen) atoms. The van der Waals surface area contributed by atoms with Crippen molar-refractivity contribution in [2.24, 2.45) is 0 Å². The standard InChI is InChI=1S/C21H16N4O3/c1-14-17(9-10-18(23-14)15-6-3-2-4-7-15)21(26)27-13-19-24-20(25-28-19)16-8-5-11-22-12-16/h2-12H,13H2,1H3. The van der Waals surface area contributed by atoms with Gasteiger partial charge in [-0.15, -0.1) is 0 Å². The molecule has 0 saturated carbocycles. The van der Waals surface area contributed by atoms with Gasteiger partial charge in [0.2, 0.25) is 5.82 Å². The summed E-state index contributed by atoms with van der Waals surface area (Å²) in [6, 6.07) is 16.9. The van der Waals surface area contributed by atoms with Gasteiger partial charge in [-0.05, 0) is 31.2 Å². The van der Waals surface area contributed by atoms with Gasteiger partial charge >= 0.3 is 5.97 Å². The summed E-state index contributed by atoms with van der Waals surface area (Å²) < 4.78 is 10.4. The van der Waals surface area contributed by atoms with E-state index < -0.39 is 5.97 Å². The van der Waals surface area contributed by atoms with Gasteiger partial charge in [0.05, 0.1) is 17.0 Å². The zero-order chi connectivity index (χ0) is 19.3. The molecule has 3 aromatic heterocycles. The fourth-order valence-corrected chi connectivity index (χ4v) is 2.68. The minimum absolute atomic E-state index is 0.119. The van der Waals surface area contributed by atoms with E-state index >= 15 is 0 Å². The predicted octanol–water partition coefficient (Wildman–Crippen LogP) is 3.86. The molecular formula is C21H16N4O3. The van der Waals surface area contributed by atoms with Crippen LogP contribution in [0.4, 0.5) is 0 Å². The number of rotatable bonds is 5. The molecule has 0 aliphatic carbocycles. The van der Waals surface area contributed by atoms with E-state index in [0.29, 0.717) is 17.1 Å². The van der Waals surface area contributed by atoms with Crippen molar-refractivity contribution in [3.05, 3.63) is 84.1 Å². The van der Waals surface area contributed by atoms with Gasteiger partial charge in [0.15, 0.2) is 6.61 Å². The van der Waals surface area contributed by atoms with Crippen LogP contribution in [0, 0.1) is 6.92 Å². The second-order valence-corrected chi connectivity index (χ2v) is 6.03. The molecule has 7 heteroatoms. The highest BCUT2D eigenvalue weighted by atomic mass is 16.6. The summed E-state index contributed by atoms with van der Waals surface area (Å²) in [5, 5.41) is 3.87. The third-order valence-electron chi connectivity index (χ3n) is 4.09. The third kappa shape index (κ3) is 3.78. The van der Waals surface area contributed by atoms with Crippen LogP contribution in [0.5, 0.6) is 0 Å². The number of aryl methyl sites for hydroxylation is 1. The number of ether oxygens (including phenoxy) is 1. The van der Waals surface area contributed by atoms with Crippen molar-refractivity contribution in [2.75, 3.05) is 0 Å². The van der Waals surface area contributed by atoms with Crippen molar-refractivity contribution in [3.8, 4) is 22.6 Å². The van der Waals surface area contributed by atoms with Gasteiger partial charge in [-0.3, -0.25) is 9.97 Å². The first-order chi connectivity index (χ1) is 13.7. The molecule has 0 spiro atoms. The maximum absolute atomic E-state index is 12.4. The summed E-state index contributed by atoms with van der Waals surface area (Å²) in [5.74, 6) is 0.105. The highest BCUT2D eigenvalue weighted by Crippen LogP contribution is 2.19. The van der Waals surface area contributed by atoms with Gasteiger partial charge in [0.25, 0.3) is 5.89 Å². The Labute approximate surface area is 161 Å². The Hall–Kier alpha value is -3.87. The van der Waals surface area contributed by atoms with E-state index in [4.69, 9.17) is 9.26 Å². The van der Waals surface area contributed by atoms with Crippen LogP contribution in [0.3, 0.4) is 0 Å². The lowest BCUT2D eigenvalue weighted by atomic mass is 10.1. The average molecular weight is 372 g/mol. The Morgan fingerprint density at radius 3 is 2.57 bits per heavy atom. The molecule has 138 valence electrons. The minimum atomic E-state index is -0.495. The van der Waals surface area contributed by atoms with E-state index in [-0.39, 0.29) is 12.5 Å². The van der Waals surface area contributed by atoms with E-state index in [9.17, 15) is 4.79 Å². The molecule has 0 atom stereocenters. The number of esters is 1. The van der Waals surface area contributed by atoms with E-state index in [2.05, 4.69) is 20.1 Å². The van der Waals surface area contributed by atoms with Crippen molar-refractivity contribution in [1.29, 1.82) is 0 Å². The van der Waals surface area contributed by atoms with Crippen LogP contribution in [-0.2, 0) is 11.3 Å². The monoisotopic (exact) mass is 372 g/mol. The van der Waals surface area contributed by atoms with Crippen LogP contribution in [-0.4, -0.2) is 26.1 Å². The van der Waals surface area contributed by atoms with Gasteiger partial charge in [-0.2, -0.15) is 4.98 Å². The minimum Gasteiger partial charge on any atom is -0.452 e. The number of hydrogen-bond acceptors (Lipinski definition) is 7. The molecule has 4 rings (SSSR count). The molecule has 3 heterocycles. The molecule has 0 amide bonds. The van der Waals surface area contributed by atoms with Gasteiger partial charge in [-0.25, -0.2) is 4.79 Å². The zero-order valence-electron chi connectivity index (χ0n) is 15.1. The lowest BCUT2D eigenvalue weighted by Crippen LogP contribution is -2.08. The summed E-state index contributed by atoms with van der Waals surface area (Å²) in [5.41, 5.74) is 3.49. The molecule has 1 aromatic carbocycles. The molecule has 4 aromatic rings. The number of carbonyl (C=O) groups is 1. The van der Waals surface area contributed by atoms with Crippen LogP contribution in [0.25, 0.3) is 22.6 Å². The molecule has 0 aliphatic rings. The molecule has 0 radical (unpaired) electrons.